The van der Waals surface area contributed by atoms with Crippen LogP contribution in [-0.2, 0) is 28.6 Å². The van der Waals surface area contributed by atoms with Crippen LogP contribution in [0.1, 0.15) is 56.9 Å². The number of thioether (sulfide) groups is 1. The van der Waals surface area contributed by atoms with Crippen molar-refractivity contribution in [1.82, 2.24) is 14.9 Å². The second-order valence-electron chi connectivity index (χ2n) is 8.83. The smallest absolute Gasteiger partial charge is 0.230 e. The maximum atomic E-state index is 13.0. The molecular weight excluding hydrogens is 354 g/mol. The molecular formula is C22H29N3OS. The number of rotatable bonds is 5. The van der Waals surface area contributed by atoms with E-state index in [1.54, 1.807) is 0 Å². The molecule has 2 heterocycles. The van der Waals surface area contributed by atoms with E-state index in [-0.39, 0.29) is 16.7 Å². The number of carbonyl (C=O) groups excluding carboxylic acids is 1. The zero-order valence-electron chi connectivity index (χ0n) is 16.5. The summed E-state index contributed by atoms with van der Waals surface area (Å²) in [7, 11) is 0. The van der Waals surface area contributed by atoms with Crippen LogP contribution in [0.3, 0.4) is 0 Å². The van der Waals surface area contributed by atoms with Crippen molar-refractivity contribution in [3.05, 3.63) is 47.3 Å². The van der Waals surface area contributed by atoms with Crippen LogP contribution in [0.2, 0.25) is 0 Å². The Labute approximate surface area is 166 Å². The van der Waals surface area contributed by atoms with Gasteiger partial charge in [0.25, 0.3) is 0 Å². The Kier molecular flexibility index (Phi) is 4.83. The Morgan fingerprint density at radius 3 is 2.59 bits per heavy atom. The Morgan fingerprint density at radius 2 is 2.00 bits per heavy atom. The van der Waals surface area contributed by atoms with Gasteiger partial charge in [0.2, 0.25) is 5.91 Å². The van der Waals surface area contributed by atoms with Gasteiger partial charge in [-0.15, -0.1) is 0 Å². The third-order valence-corrected chi connectivity index (χ3v) is 6.94. The highest BCUT2D eigenvalue weighted by molar-refractivity contribution is 7.99. The Balaban J connectivity index is 1.39. The molecule has 1 aliphatic heterocycles. The average molecular weight is 384 g/mol. The maximum Gasteiger partial charge on any atom is 0.230 e. The number of imidazole rings is 1. The van der Waals surface area contributed by atoms with E-state index in [2.05, 4.69) is 66.1 Å². The van der Waals surface area contributed by atoms with Crippen LogP contribution in [0.4, 0.5) is 0 Å². The maximum absolute atomic E-state index is 13.0. The van der Waals surface area contributed by atoms with Gasteiger partial charge >= 0.3 is 0 Å². The summed E-state index contributed by atoms with van der Waals surface area (Å²) in [5.41, 5.74) is 3.36. The lowest BCUT2D eigenvalue weighted by atomic mass is 9.63. The molecule has 0 spiro atoms. The summed E-state index contributed by atoms with van der Waals surface area (Å²) in [5, 5.41) is 4.30. The molecule has 144 valence electrons. The van der Waals surface area contributed by atoms with Gasteiger partial charge in [-0.2, -0.15) is 0 Å². The van der Waals surface area contributed by atoms with E-state index in [0.29, 0.717) is 6.54 Å². The molecule has 0 radical (unpaired) electrons. The van der Waals surface area contributed by atoms with Crippen LogP contribution in [0.25, 0.3) is 0 Å². The van der Waals surface area contributed by atoms with Crippen molar-refractivity contribution in [2.75, 3.05) is 12.3 Å². The van der Waals surface area contributed by atoms with E-state index in [0.717, 1.165) is 54.4 Å². The highest BCUT2D eigenvalue weighted by Gasteiger charge is 2.45. The molecule has 1 N–H and O–H groups in total. The lowest BCUT2D eigenvalue weighted by Crippen LogP contribution is -2.49. The van der Waals surface area contributed by atoms with E-state index in [4.69, 9.17) is 0 Å². The van der Waals surface area contributed by atoms with Gasteiger partial charge in [-0.3, -0.25) is 4.79 Å². The van der Waals surface area contributed by atoms with Gasteiger partial charge in [-0.05, 0) is 29.4 Å². The molecule has 0 atom stereocenters. The van der Waals surface area contributed by atoms with Gasteiger partial charge < -0.3 is 9.88 Å². The van der Waals surface area contributed by atoms with E-state index in [1.807, 2.05) is 11.8 Å². The predicted molar refractivity (Wildman–Crippen MR) is 110 cm³/mol. The minimum atomic E-state index is -0.331. The largest absolute Gasteiger partial charge is 0.355 e. The van der Waals surface area contributed by atoms with Crippen LogP contribution in [0, 0.1) is 0 Å². The summed E-state index contributed by atoms with van der Waals surface area (Å²) in [6.07, 6.45) is 5.95. The Bertz CT molecular complexity index is 807. The van der Waals surface area contributed by atoms with Gasteiger partial charge in [0.05, 0.1) is 11.1 Å². The zero-order valence-corrected chi connectivity index (χ0v) is 17.4. The SMILES string of the molecule is CC(C)(C)c1ccc(C2(C(=O)NCCc3cn4c(n3)SCC4)CCC2)cc1. The van der Waals surface area contributed by atoms with E-state index in [9.17, 15) is 4.79 Å². The predicted octanol–water partition coefficient (Wildman–Crippen LogP) is 4.07. The number of carbonyl (C=O) groups is 1. The Hall–Kier alpha value is -1.75. The molecule has 4 rings (SSSR count). The van der Waals surface area contributed by atoms with Gasteiger partial charge in [-0.25, -0.2) is 4.98 Å². The molecule has 1 aromatic heterocycles. The topological polar surface area (TPSA) is 46.9 Å². The van der Waals surface area contributed by atoms with Gasteiger partial charge in [0, 0.05) is 31.5 Å². The van der Waals surface area contributed by atoms with Crippen molar-refractivity contribution >= 4 is 17.7 Å². The van der Waals surface area contributed by atoms with E-state index in [1.165, 1.54) is 5.56 Å². The lowest BCUT2D eigenvalue weighted by molar-refractivity contribution is -0.129. The van der Waals surface area contributed by atoms with Crippen molar-refractivity contribution in [2.24, 2.45) is 0 Å². The normalized spacial score (nSPS) is 18.0. The van der Waals surface area contributed by atoms with Crippen LogP contribution in [0.15, 0.2) is 35.6 Å². The minimum Gasteiger partial charge on any atom is -0.355 e. The number of aromatic nitrogens is 2. The third-order valence-electron chi connectivity index (χ3n) is 5.97. The van der Waals surface area contributed by atoms with Crippen LogP contribution >= 0.6 is 11.8 Å². The monoisotopic (exact) mass is 383 g/mol. The van der Waals surface area contributed by atoms with Crippen LogP contribution < -0.4 is 5.32 Å². The molecule has 1 aromatic carbocycles. The van der Waals surface area contributed by atoms with Crippen LogP contribution in [-0.4, -0.2) is 27.8 Å². The number of hydrogen-bond donors (Lipinski definition) is 1. The fourth-order valence-corrected chi connectivity index (χ4v) is 4.98. The van der Waals surface area contributed by atoms with Crippen molar-refractivity contribution in [2.45, 2.75) is 69.0 Å². The van der Waals surface area contributed by atoms with Crippen molar-refractivity contribution in [1.29, 1.82) is 0 Å². The van der Waals surface area contributed by atoms with Crippen molar-refractivity contribution in [3.63, 3.8) is 0 Å². The molecule has 1 saturated carbocycles. The summed E-state index contributed by atoms with van der Waals surface area (Å²) in [6, 6.07) is 8.70. The summed E-state index contributed by atoms with van der Waals surface area (Å²) < 4.78 is 2.21. The molecule has 0 bridgehead atoms. The number of hydrogen-bond acceptors (Lipinski definition) is 3. The van der Waals surface area contributed by atoms with E-state index >= 15 is 0 Å². The second-order valence-corrected chi connectivity index (χ2v) is 9.89. The number of aryl methyl sites for hydroxylation is 1. The second kappa shape index (κ2) is 7.01. The minimum absolute atomic E-state index is 0.136. The number of benzene rings is 1. The number of fused-ring (bicyclic) bond motifs is 1. The Morgan fingerprint density at radius 1 is 1.26 bits per heavy atom. The molecule has 2 aliphatic rings. The van der Waals surface area contributed by atoms with Gasteiger partial charge in [0.15, 0.2) is 5.16 Å². The molecule has 1 amide bonds. The lowest BCUT2D eigenvalue weighted by Gasteiger charge is -2.41. The van der Waals surface area contributed by atoms with E-state index < -0.39 is 0 Å². The molecule has 0 saturated heterocycles. The molecule has 4 nitrogen and oxygen atoms in total. The first-order valence-corrected chi connectivity index (χ1v) is 11.0. The fraction of sp³-hybridized carbons (Fsp3) is 0.545. The summed E-state index contributed by atoms with van der Waals surface area (Å²) in [6.45, 7) is 8.36. The number of nitrogens with zero attached hydrogens (tertiary/aromatic N) is 2. The molecule has 2 aromatic rings. The molecule has 5 heteroatoms. The standard InChI is InChI=1S/C22H29N3OS/c1-21(2,3)16-5-7-17(8-6-16)22(10-4-11-22)19(26)23-12-9-18-15-25-13-14-27-20(25)24-18/h5-8,15H,4,9-14H2,1-3H3,(H,23,26). The number of amides is 1. The first-order valence-electron chi connectivity index (χ1n) is 9.97. The highest BCUT2D eigenvalue weighted by atomic mass is 32.2. The van der Waals surface area contributed by atoms with Crippen LogP contribution in [0.5, 0.6) is 0 Å². The molecule has 1 aliphatic carbocycles. The summed E-state index contributed by atoms with van der Waals surface area (Å²) >= 11 is 1.81. The first-order chi connectivity index (χ1) is 12.9. The quantitative estimate of drug-likeness (QED) is 0.847. The zero-order chi connectivity index (χ0) is 19.1. The molecule has 27 heavy (non-hydrogen) atoms. The average Bonchev–Trinajstić information content (AvgIpc) is 3.15. The molecule has 0 unspecified atom stereocenters. The number of nitrogens with one attached hydrogen (secondary N) is 1. The fourth-order valence-electron chi connectivity index (χ4n) is 4.02. The first kappa shape index (κ1) is 18.6. The third kappa shape index (κ3) is 3.54. The van der Waals surface area contributed by atoms with Gasteiger partial charge in [-0.1, -0.05) is 63.2 Å². The van der Waals surface area contributed by atoms with Crippen molar-refractivity contribution < 1.29 is 4.79 Å². The summed E-state index contributed by atoms with van der Waals surface area (Å²) in [4.78, 5) is 17.7. The van der Waals surface area contributed by atoms with Gasteiger partial charge in [0.1, 0.15) is 0 Å². The highest BCUT2D eigenvalue weighted by Crippen LogP contribution is 2.44. The van der Waals surface area contributed by atoms with Crippen molar-refractivity contribution in [3.8, 4) is 0 Å². The summed E-state index contributed by atoms with van der Waals surface area (Å²) in [5.74, 6) is 1.30. The molecule has 1 fully saturated rings.